The Balaban J connectivity index is 1.37. The minimum Gasteiger partial charge on any atom is -0.424 e. The smallest absolute Gasteiger partial charge is 0.292 e. The van der Waals surface area contributed by atoms with Crippen molar-refractivity contribution in [2.75, 3.05) is 32.0 Å². The van der Waals surface area contributed by atoms with Crippen molar-refractivity contribution in [1.29, 1.82) is 0 Å². The van der Waals surface area contributed by atoms with Crippen LogP contribution in [0.1, 0.15) is 25.5 Å². The van der Waals surface area contributed by atoms with Gasteiger partial charge < -0.3 is 19.8 Å². The van der Waals surface area contributed by atoms with Crippen molar-refractivity contribution in [2.45, 2.75) is 19.8 Å². The Labute approximate surface area is 203 Å². The predicted octanol–water partition coefficient (Wildman–Crippen LogP) is 5.36. The summed E-state index contributed by atoms with van der Waals surface area (Å²) in [4.78, 5) is 16.4. The lowest BCUT2D eigenvalue weighted by atomic mass is 10.0. The van der Waals surface area contributed by atoms with Gasteiger partial charge in [0.05, 0.1) is 36.1 Å². The average Bonchev–Trinajstić information content (AvgIpc) is 3.13. The van der Waals surface area contributed by atoms with Crippen LogP contribution < -0.4 is 5.73 Å². The number of nitrogen functional groups attached to an aromatic ring is 1. The van der Waals surface area contributed by atoms with Crippen LogP contribution in [0.4, 0.5) is 6.01 Å². The van der Waals surface area contributed by atoms with E-state index in [0.29, 0.717) is 5.58 Å². The zero-order valence-electron chi connectivity index (χ0n) is 19.7. The summed E-state index contributed by atoms with van der Waals surface area (Å²) >= 11 is 0. The van der Waals surface area contributed by atoms with Gasteiger partial charge in [0.2, 0.25) is 0 Å². The molecule has 3 heterocycles. The molecule has 2 N–H and O–H groups in total. The largest absolute Gasteiger partial charge is 0.424 e. The van der Waals surface area contributed by atoms with E-state index in [0.717, 1.165) is 78.1 Å². The van der Waals surface area contributed by atoms with Gasteiger partial charge in [-0.05, 0) is 47.9 Å². The van der Waals surface area contributed by atoms with Gasteiger partial charge in [0, 0.05) is 30.8 Å². The van der Waals surface area contributed by atoms with Gasteiger partial charge in [-0.1, -0.05) is 36.8 Å². The first-order valence-electron chi connectivity index (χ1n) is 12.0. The van der Waals surface area contributed by atoms with E-state index in [2.05, 4.69) is 47.2 Å². The van der Waals surface area contributed by atoms with Crippen LogP contribution in [0.5, 0.6) is 0 Å². The first-order chi connectivity index (χ1) is 17.2. The second-order valence-corrected chi connectivity index (χ2v) is 8.91. The highest BCUT2D eigenvalue weighted by molar-refractivity contribution is 5.87. The van der Waals surface area contributed by atoms with Gasteiger partial charge in [0.25, 0.3) is 6.01 Å². The van der Waals surface area contributed by atoms with Crippen LogP contribution in [-0.4, -0.2) is 46.2 Å². The molecule has 0 saturated carbocycles. The number of benzene rings is 2. The highest BCUT2D eigenvalue weighted by Gasteiger charge is 2.17. The van der Waals surface area contributed by atoms with E-state index in [4.69, 9.17) is 24.9 Å². The molecule has 1 aliphatic heterocycles. The van der Waals surface area contributed by atoms with Gasteiger partial charge in [0.15, 0.2) is 5.58 Å². The molecule has 4 aromatic rings. The quantitative estimate of drug-likeness (QED) is 0.434. The van der Waals surface area contributed by atoms with Gasteiger partial charge in [-0.25, -0.2) is 4.98 Å². The number of aromatic nitrogens is 3. The number of allylic oxidation sites excluding steroid dienone is 5. The van der Waals surface area contributed by atoms with Gasteiger partial charge in [-0.15, -0.1) is 0 Å². The highest BCUT2D eigenvalue weighted by Crippen LogP contribution is 2.30. The van der Waals surface area contributed by atoms with Gasteiger partial charge in [-0.2, -0.15) is 4.98 Å². The van der Waals surface area contributed by atoms with E-state index in [9.17, 15) is 0 Å². The van der Waals surface area contributed by atoms with Crippen LogP contribution in [0.2, 0.25) is 0 Å². The number of nitrogens with two attached hydrogens (primary N) is 1. The van der Waals surface area contributed by atoms with E-state index < -0.39 is 0 Å². The zero-order chi connectivity index (χ0) is 23.8. The van der Waals surface area contributed by atoms with Crippen molar-refractivity contribution in [1.82, 2.24) is 19.9 Å². The standard InChI is InChI=1S/C28H27N5O2/c1-2-18-13-21(3-6-22(14-18)33-9-11-34-12-10-33)26-17-30-23-7-4-19(15-24(23)31-26)20-5-8-27-25(16-20)32-28(29)35-27/h3-8,13,15-17H,2,9-12,14H2,1H3,(H2,29,32). The van der Waals surface area contributed by atoms with E-state index in [-0.39, 0.29) is 6.01 Å². The van der Waals surface area contributed by atoms with E-state index in [1.807, 2.05) is 30.5 Å². The highest BCUT2D eigenvalue weighted by atomic mass is 16.5. The molecule has 1 aliphatic carbocycles. The molecule has 2 aromatic heterocycles. The van der Waals surface area contributed by atoms with Gasteiger partial charge in [0.1, 0.15) is 5.52 Å². The maximum absolute atomic E-state index is 5.70. The number of anilines is 1. The second kappa shape index (κ2) is 9.00. The fourth-order valence-corrected chi connectivity index (χ4v) is 4.71. The fraction of sp³-hybridized carbons (Fsp3) is 0.250. The monoisotopic (exact) mass is 465 g/mol. The summed E-state index contributed by atoms with van der Waals surface area (Å²) in [5, 5.41) is 0. The maximum atomic E-state index is 5.70. The summed E-state index contributed by atoms with van der Waals surface area (Å²) in [7, 11) is 0. The Morgan fingerprint density at radius 3 is 2.57 bits per heavy atom. The zero-order valence-corrected chi connectivity index (χ0v) is 19.7. The number of fused-ring (bicyclic) bond motifs is 2. The molecule has 35 heavy (non-hydrogen) atoms. The van der Waals surface area contributed by atoms with Crippen LogP contribution in [0.3, 0.4) is 0 Å². The summed E-state index contributed by atoms with van der Waals surface area (Å²) in [6, 6.07) is 12.2. The first-order valence-corrected chi connectivity index (χ1v) is 12.0. The van der Waals surface area contributed by atoms with Crippen LogP contribution >= 0.6 is 0 Å². The van der Waals surface area contributed by atoms with Crippen molar-refractivity contribution in [2.24, 2.45) is 0 Å². The molecule has 176 valence electrons. The fourth-order valence-electron chi connectivity index (χ4n) is 4.71. The minimum absolute atomic E-state index is 0.174. The summed E-state index contributed by atoms with van der Waals surface area (Å²) in [5.74, 6) is 0. The lowest BCUT2D eigenvalue weighted by Crippen LogP contribution is -2.35. The van der Waals surface area contributed by atoms with E-state index in [1.165, 1.54) is 11.3 Å². The van der Waals surface area contributed by atoms with Gasteiger partial charge in [-0.3, -0.25) is 4.98 Å². The summed E-state index contributed by atoms with van der Waals surface area (Å²) < 4.78 is 10.9. The summed E-state index contributed by atoms with van der Waals surface area (Å²) in [6.45, 7) is 5.67. The third-order valence-corrected chi connectivity index (χ3v) is 6.67. The molecule has 7 nitrogen and oxygen atoms in total. The maximum Gasteiger partial charge on any atom is 0.292 e. The second-order valence-electron chi connectivity index (χ2n) is 8.91. The molecule has 0 spiro atoms. The van der Waals surface area contributed by atoms with Crippen LogP contribution in [0.25, 0.3) is 38.8 Å². The SMILES string of the molecule is CCC1=CC(c2cnc3ccc(-c4ccc5oc(N)nc5c4)cc3n2)=CC=C(N2CCOCC2)C1. The Morgan fingerprint density at radius 2 is 1.74 bits per heavy atom. The van der Waals surface area contributed by atoms with E-state index >= 15 is 0 Å². The number of rotatable bonds is 4. The topological polar surface area (TPSA) is 90.3 Å². The normalized spacial score (nSPS) is 16.7. The number of nitrogens with zero attached hydrogens (tertiary/aromatic N) is 4. The van der Waals surface area contributed by atoms with Crippen LogP contribution in [0.15, 0.2) is 76.5 Å². The minimum atomic E-state index is 0.174. The number of hydrogen-bond acceptors (Lipinski definition) is 7. The Hall–Kier alpha value is -3.97. The molecule has 0 atom stereocenters. The van der Waals surface area contributed by atoms with Crippen LogP contribution in [-0.2, 0) is 4.74 Å². The molecule has 1 fully saturated rings. The van der Waals surface area contributed by atoms with Crippen molar-refractivity contribution in [3.63, 3.8) is 0 Å². The van der Waals surface area contributed by atoms with Crippen molar-refractivity contribution >= 4 is 33.7 Å². The lowest BCUT2D eigenvalue weighted by molar-refractivity contribution is 0.0526. The third-order valence-electron chi connectivity index (χ3n) is 6.67. The summed E-state index contributed by atoms with van der Waals surface area (Å²) in [6.07, 6.45) is 10.5. The number of oxazole rings is 1. The molecular weight excluding hydrogens is 438 g/mol. The Morgan fingerprint density at radius 1 is 0.943 bits per heavy atom. The average molecular weight is 466 g/mol. The molecule has 2 aromatic carbocycles. The predicted molar refractivity (Wildman–Crippen MR) is 138 cm³/mol. The molecule has 2 aliphatic rings. The Kier molecular flexibility index (Phi) is 5.54. The molecular formula is C28H27N5O2. The van der Waals surface area contributed by atoms with Gasteiger partial charge >= 0.3 is 0 Å². The Bertz CT molecular complexity index is 1510. The third kappa shape index (κ3) is 4.31. The molecule has 0 amide bonds. The number of morpholine rings is 1. The molecule has 0 bridgehead atoms. The molecule has 1 saturated heterocycles. The van der Waals surface area contributed by atoms with Crippen LogP contribution in [0, 0.1) is 0 Å². The first kappa shape index (κ1) is 21.6. The van der Waals surface area contributed by atoms with Crippen molar-refractivity contribution in [3.05, 3.63) is 77.8 Å². The molecule has 0 unspecified atom stereocenters. The molecule has 6 rings (SSSR count). The number of hydrogen-bond donors (Lipinski definition) is 1. The molecule has 0 radical (unpaired) electrons. The number of ether oxygens (including phenoxy) is 1. The van der Waals surface area contributed by atoms with Crippen molar-refractivity contribution < 1.29 is 9.15 Å². The lowest BCUT2D eigenvalue weighted by Gasteiger charge is -2.31. The van der Waals surface area contributed by atoms with E-state index in [1.54, 1.807) is 0 Å². The molecule has 7 heteroatoms. The summed E-state index contributed by atoms with van der Waals surface area (Å²) in [5.41, 5.74) is 15.6. The van der Waals surface area contributed by atoms with Crippen molar-refractivity contribution in [3.8, 4) is 11.1 Å².